The number of nitrogens with one attached hydrogen (secondary N) is 1. The molecule has 2 rings (SSSR count). The Balaban J connectivity index is 1.88. The maximum Gasteiger partial charge on any atom is 0.0150 e. The van der Waals surface area contributed by atoms with Crippen LogP contribution >= 0.6 is 0 Å². The smallest absolute Gasteiger partial charge is 0.0150 e. The molecular formula is C17H35N3. The van der Waals surface area contributed by atoms with Crippen LogP contribution in [0.4, 0.5) is 0 Å². The quantitative estimate of drug-likeness (QED) is 0.807. The van der Waals surface area contributed by atoms with E-state index < -0.39 is 0 Å². The van der Waals surface area contributed by atoms with Crippen LogP contribution in [0.25, 0.3) is 0 Å². The van der Waals surface area contributed by atoms with E-state index in [1.165, 1.54) is 45.3 Å². The van der Waals surface area contributed by atoms with Crippen molar-refractivity contribution in [3.05, 3.63) is 0 Å². The average molecular weight is 281 g/mol. The van der Waals surface area contributed by atoms with Gasteiger partial charge in [-0.2, -0.15) is 0 Å². The summed E-state index contributed by atoms with van der Waals surface area (Å²) in [5.74, 6) is 1.76. The highest BCUT2D eigenvalue weighted by Gasteiger charge is 2.40. The van der Waals surface area contributed by atoms with E-state index >= 15 is 0 Å². The number of fused-ring (bicyclic) bond motifs is 2. The third kappa shape index (κ3) is 4.19. The SMILES string of the molecule is CC(CCN(C)C)NC1C2CCCC1CN(C(C)C)C2. The first-order valence-electron chi connectivity index (χ1n) is 8.62. The van der Waals surface area contributed by atoms with Gasteiger partial charge >= 0.3 is 0 Å². The Hall–Kier alpha value is -0.120. The van der Waals surface area contributed by atoms with Crippen molar-refractivity contribution in [3.63, 3.8) is 0 Å². The molecule has 2 fully saturated rings. The maximum atomic E-state index is 3.98. The standard InChI is InChI=1S/C17H35N3/c1-13(2)20-11-15-7-6-8-16(12-20)17(15)18-14(3)9-10-19(4)5/h13-18H,6-12H2,1-5H3. The highest BCUT2D eigenvalue weighted by Crippen LogP contribution is 2.35. The Bertz CT molecular complexity index is 276. The Morgan fingerprint density at radius 1 is 1.10 bits per heavy atom. The van der Waals surface area contributed by atoms with E-state index in [-0.39, 0.29) is 0 Å². The molecular weight excluding hydrogens is 246 g/mol. The van der Waals surface area contributed by atoms with Gasteiger partial charge in [0, 0.05) is 31.2 Å². The zero-order valence-electron chi connectivity index (χ0n) is 14.2. The molecule has 0 aromatic rings. The summed E-state index contributed by atoms with van der Waals surface area (Å²) in [5.41, 5.74) is 0. The molecule has 0 aromatic heterocycles. The molecule has 1 aliphatic heterocycles. The van der Waals surface area contributed by atoms with Gasteiger partial charge in [0.05, 0.1) is 0 Å². The fourth-order valence-electron chi connectivity index (χ4n) is 4.03. The highest BCUT2D eigenvalue weighted by atomic mass is 15.2. The molecule has 3 unspecified atom stereocenters. The lowest BCUT2D eigenvalue weighted by Crippen LogP contribution is -2.59. The van der Waals surface area contributed by atoms with Gasteiger partial charge in [0.25, 0.3) is 0 Å². The summed E-state index contributed by atoms with van der Waals surface area (Å²) >= 11 is 0. The molecule has 0 amide bonds. The minimum Gasteiger partial charge on any atom is -0.311 e. The largest absolute Gasteiger partial charge is 0.311 e. The molecule has 118 valence electrons. The van der Waals surface area contributed by atoms with Crippen molar-refractivity contribution in [1.82, 2.24) is 15.1 Å². The molecule has 1 saturated heterocycles. The summed E-state index contributed by atoms with van der Waals surface area (Å²) in [6, 6.07) is 2.14. The van der Waals surface area contributed by atoms with E-state index in [2.05, 4.69) is 50.0 Å². The molecule has 2 aliphatic rings. The predicted octanol–water partition coefficient (Wildman–Crippen LogP) is 2.43. The van der Waals surface area contributed by atoms with Gasteiger partial charge in [0.1, 0.15) is 0 Å². The van der Waals surface area contributed by atoms with Crippen molar-refractivity contribution >= 4 is 0 Å². The third-order valence-corrected chi connectivity index (χ3v) is 5.32. The number of rotatable bonds is 6. The Morgan fingerprint density at radius 2 is 1.70 bits per heavy atom. The van der Waals surface area contributed by atoms with Crippen LogP contribution in [0, 0.1) is 11.8 Å². The lowest BCUT2D eigenvalue weighted by molar-refractivity contribution is 0.0251. The first-order valence-corrected chi connectivity index (χ1v) is 8.62. The van der Waals surface area contributed by atoms with Crippen LogP contribution in [0.1, 0.15) is 46.5 Å². The molecule has 3 heteroatoms. The molecule has 0 aromatic carbocycles. The number of likely N-dealkylation sites (tertiary alicyclic amines) is 1. The normalized spacial score (nSPS) is 32.9. The van der Waals surface area contributed by atoms with Gasteiger partial charge in [-0.3, -0.25) is 0 Å². The van der Waals surface area contributed by atoms with Crippen LogP contribution in [0.5, 0.6) is 0 Å². The Kier molecular flexibility index (Phi) is 5.88. The predicted molar refractivity (Wildman–Crippen MR) is 87.1 cm³/mol. The van der Waals surface area contributed by atoms with Gasteiger partial charge < -0.3 is 15.1 Å². The van der Waals surface area contributed by atoms with Gasteiger partial charge in [-0.05, 0) is 72.5 Å². The minimum atomic E-state index is 0.649. The zero-order chi connectivity index (χ0) is 14.7. The summed E-state index contributed by atoms with van der Waals surface area (Å²) < 4.78 is 0. The lowest BCUT2D eigenvalue weighted by Gasteiger charge is -2.50. The summed E-state index contributed by atoms with van der Waals surface area (Å²) in [6.45, 7) is 10.9. The van der Waals surface area contributed by atoms with Crippen molar-refractivity contribution in [2.24, 2.45) is 11.8 Å². The third-order valence-electron chi connectivity index (χ3n) is 5.32. The van der Waals surface area contributed by atoms with E-state index in [9.17, 15) is 0 Å². The maximum absolute atomic E-state index is 3.98. The van der Waals surface area contributed by atoms with Gasteiger partial charge in [-0.1, -0.05) is 6.42 Å². The van der Waals surface area contributed by atoms with Crippen molar-refractivity contribution < 1.29 is 0 Å². The van der Waals surface area contributed by atoms with Crippen LogP contribution in [0.2, 0.25) is 0 Å². The Labute approximate surface area is 126 Å². The van der Waals surface area contributed by atoms with E-state index in [4.69, 9.17) is 0 Å². The number of piperidine rings is 1. The van der Waals surface area contributed by atoms with Crippen molar-refractivity contribution in [2.75, 3.05) is 33.7 Å². The molecule has 20 heavy (non-hydrogen) atoms. The Morgan fingerprint density at radius 3 is 2.20 bits per heavy atom. The molecule has 1 aliphatic carbocycles. The second kappa shape index (κ2) is 7.24. The summed E-state index contributed by atoms with van der Waals surface area (Å²) in [6.07, 6.45) is 5.57. The first-order chi connectivity index (χ1) is 9.47. The van der Waals surface area contributed by atoms with Crippen molar-refractivity contribution in [2.45, 2.75) is 64.6 Å². The molecule has 1 saturated carbocycles. The highest BCUT2D eigenvalue weighted by molar-refractivity contribution is 4.96. The lowest BCUT2D eigenvalue weighted by atomic mass is 9.73. The van der Waals surface area contributed by atoms with Crippen LogP contribution in [0.15, 0.2) is 0 Å². The molecule has 3 atom stereocenters. The van der Waals surface area contributed by atoms with Gasteiger partial charge in [0.2, 0.25) is 0 Å². The monoisotopic (exact) mass is 281 g/mol. The fraction of sp³-hybridized carbons (Fsp3) is 1.00. The molecule has 2 bridgehead atoms. The average Bonchev–Trinajstić information content (AvgIpc) is 2.35. The second-order valence-electron chi connectivity index (χ2n) is 7.68. The van der Waals surface area contributed by atoms with Crippen molar-refractivity contribution in [3.8, 4) is 0 Å². The second-order valence-corrected chi connectivity index (χ2v) is 7.68. The number of hydrogen-bond donors (Lipinski definition) is 1. The van der Waals surface area contributed by atoms with Crippen LogP contribution in [-0.2, 0) is 0 Å². The van der Waals surface area contributed by atoms with Gasteiger partial charge in [0.15, 0.2) is 0 Å². The van der Waals surface area contributed by atoms with E-state index in [0.29, 0.717) is 12.1 Å². The summed E-state index contributed by atoms with van der Waals surface area (Å²) in [4.78, 5) is 5.00. The van der Waals surface area contributed by atoms with E-state index in [1.54, 1.807) is 0 Å². The molecule has 1 heterocycles. The molecule has 1 N–H and O–H groups in total. The van der Waals surface area contributed by atoms with Crippen LogP contribution in [0.3, 0.4) is 0 Å². The first kappa shape index (κ1) is 16.3. The van der Waals surface area contributed by atoms with E-state index in [0.717, 1.165) is 17.9 Å². The molecule has 3 nitrogen and oxygen atoms in total. The number of nitrogens with zero attached hydrogens (tertiary/aromatic N) is 2. The minimum absolute atomic E-state index is 0.649. The topological polar surface area (TPSA) is 18.5 Å². The van der Waals surface area contributed by atoms with Crippen molar-refractivity contribution in [1.29, 1.82) is 0 Å². The van der Waals surface area contributed by atoms with Gasteiger partial charge in [-0.25, -0.2) is 0 Å². The van der Waals surface area contributed by atoms with Crippen LogP contribution in [-0.4, -0.2) is 61.7 Å². The summed E-state index contributed by atoms with van der Waals surface area (Å²) in [7, 11) is 4.34. The summed E-state index contributed by atoms with van der Waals surface area (Å²) in [5, 5.41) is 3.98. The molecule has 0 spiro atoms. The number of hydrogen-bond acceptors (Lipinski definition) is 3. The van der Waals surface area contributed by atoms with Gasteiger partial charge in [-0.15, -0.1) is 0 Å². The van der Waals surface area contributed by atoms with E-state index in [1.807, 2.05) is 0 Å². The van der Waals surface area contributed by atoms with Crippen LogP contribution < -0.4 is 5.32 Å². The molecule has 0 radical (unpaired) electrons. The fourth-order valence-corrected chi connectivity index (χ4v) is 4.03. The zero-order valence-corrected chi connectivity index (χ0v) is 14.2.